The third kappa shape index (κ3) is 2.01. The predicted octanol–water partition coefficient (Wildman–Crippen LogP) is 3.63. The summed E-state index contributed by atoms with van der Waals surface area (Å²) in [7, 11) is 1.66. The smallest absolute Gasteiger partial charge is 0.314 e. The molecule has 0 aromatic heterocycles. The van der Waals surface area contributed by atoms with Crippen LogP contribution >= 0.6 is 0 Å². The van der Waals surface area contributed by atoms with Crippen LogP contribution in [0.2, 0.25) is 0 Å². The third-order valence-corrected chi connectivity index (χ3v) is 4.31. The van der Waals surface area contributed by atoms with Crippen LogP contribution in [0, 0.1) is 6.92 Å². The van der Waals surface area contributed by atoms with Crippen molar-refractivity contribution >= 4 is 5.97 Å². The fourth-order valence-corrected chi connectivity index (χ4v) is 3.10. The van der Waals surface area contributed by atoms with Gasteiger partial charge in [0.2, 0.25) is 0 Å². The van der Waals surface area contributed by atoms with Gasteiger partial charge in [-0.25, -0.2) is 0 Å². The highest BCUT2D eigenvalue weighted by Gasteiger charge is 2.47. The second-order valence-corrected chi connectivity index (χ2v) is 5.77. The average molecular weight is 262 g/mol. The third-order valence-electron chi connectivity index (χ3n) is 4.31. The van der Waals surface area contributed by atoms with Gasteiger partial charge in [-0.2, -0.15) is 0 Å². The zero-order chi connectivity index (χ0) is 14.2. The highest BCUT2D eigenvalue weighted by molar-refractivity contribution is 5.83. The molecular weight excluding hydrogens is 240 g/mol. The van der Waals surface area contributed by atoms with E-state index in [1.54, 1.807) is 7.11 Å². The topological polar surface area (TPSA) is 46.5 Å². The van der Waals surface area contributed by atoms with Crippen LogP contribution < -0.4 is 4.74 Å². The van der Waals surface area contributed by atoms with E-state index in [0.717, 1.165) is 41.7 Å². The molecule has 0 spiro atoms. The normalized spacial score (nSPS) is 17.1. The highest BCUT2D eigenvalue weighted by atomic mass is 16.5. The van der Waals surface area contributed by atoms with Crippen LogP contribution in [-0.4, -0.2) is 18.2 Å². The van der Waals surface area contributed by atoms with E-state index in [4.69, 9.17) is 4.74 Å². The molecule has 0 unspecified atom stereocenters. The van der Waals surface area contributed by atoms with Gasteiger partial charge >= 0.3 is 5.97 Å². The summed E-state index contributed by atoms with van der Waals surface area (Å²) in [6.07, 6.45) is 2.45. The van der Waals surface area contributed by atoms with Gasteiger partial charge in [0.15, 0.2) is 0 Å². The Morgan fingerprint density at radius 2 is 2.00 bits per heavy atom. The summed E-state index contributed by atoms with van der Waals surface area (Å²) in [6.45, 7) is 6.19. The molecule has 3 nitrogen and oxygen atoms in total. The number of methoxy groups -OCH3 is 1. The van der Waals surface area contributed by atoms with Crippen molar-refractivity contribution in [2.75, 3.05) is 7.11 Å². The minimum Gasteiger partial charge on any atom is -0.496 e. The fraction of sp³-hybridized carbons (Fsp3) is 0.562. The number of hydrogen-bond donors (Lipinski definition) is 1. The molecule has 1 aliphatic rings. The molecule has 1 aliphatic carbocycles. The molecule has 0 heterocycles. The summed E-state index contributed by atoms with van der Waals surface area (Å²) in [6, 6.07) is 3.96. The average Bonchev–Trinajstić information content (AvgIpc) is 2.28. The molecule has 1 aromatic rings. The number of aliphatic carboxylic acids is 1. The lowest BCUT2D eigenvalue weighted by Gasteiger charge is -2.40. The van der Waals surface area contributed by atoms with Crippen LogP contribution in [0.5, 0.6) is 5.75 Å². The molecule has 3 heteroatoms. The van der Waals surface area contributed by atoms with E-state index in [2.05, 4.69) is 13.8 Å². The van der Waals surface area contributed by atoms with Gasteiger partial charge in [-0.05, 0) is 36.8 Å². The second kappa shape index (κ2) is 4.87. The maximum Gasteiger partial charge on any atom is 0.314 e. The van der Waals surface area contributed by atoms with Gasteiger partial charge in [0, 0.05) is 5.56 Å². The van der Waals surface area contributed by atoms with Crippen LogP contribution in [0.3, 0.4) is 0 Å². The maximum atomic E-state index is 11.7. The van der Waals surface area contributed by atoms with Gasteiger partial charge in [0.1, 0.15) is 5.75 Å². The Balaban J connectivity index is 2.67. The largest absolute Gasteiger partial charge is 0.496 e. The SMILES string of the molecule is COc1c(C)ccc(C2(C(=O)O)CCC2)c1C(C)C. The maximum absolute atomic E-state index is 11.7. The zero-order valence-electron chi connectivity index (χ0n) is 12.1. The number of ether oxygens (including phenoxy) is 1. The number of rotatable bonds is 4. The fourth-order valence-electron chi connectivity index (χ4n) is 3.10. The van der Waals surface area contributed by atoms with Crippen molar-refractivity contribution in [1.29, 1.82) is 0 Å². The van der Waals surface area contributed by atoms with Gasteiger partial charge < -0.3 is 9.84 Å². The zero-order valence-corrected chi connectivity index (χ0v) is 12.1. The van der Waals surface area contributed by atoms with Crippen LogP contribution in [0.15, 0.2) is 12.1 Å². The van der Waals surface area contributed by atoms with E-state index in [0.29, 0.717) is 0 Å². The minimum absolute atomic E-state index is 0.252. The number of carboxylic acid groups (broad SMARTS) is 1. The van der Waals surface area contributed by atoms with Crippen LogP contribution in [-0.2, 0) is 10.2 Å². The number of aryl methyl sites for hydroxylation is 1. The lowest BCUT2D eigenvalue weighted by molar-refractivity contribution is -0.147. The van der Waals surface area contributed by atoms with E-state index >= 15 is 0 Å². The molecular formula is C16H22O3. The standard InChI is InChI=1S/C16H22O3/c1-10(2)13-12(7-6-11(3)14(13)19-4)16(15(17)18)8-5-9-16/h6-7,10H,5,8-9H2,1-4H3,(H,17,18). The molecule has 1 saturated carbocycles. The number of carboxylic acids is 1. The Morgan fingerprint density at radius 3 is 2.37 bits per heavy atom. The Kier molecular flexibility index (Phi) is 3.57. The molecule has 1 fully saturated rings. The van der Waals surface area contributed by atoms with E-state index in [-0.39, 0.29) is 5.92 Å². The second-order valence-electron chi connectivity index (χ2n) is 5.77. The molecule has 0 saturated heterocycles. The quantitative estimate of drug-likeness (QED) is 0.901. The molecule has 2 rings (SSSR count). The molecule has 0 aliphatic heterocycles. The number of carbonyl (C=O) groups is 1. The summed E-state index contributed by atoms with van der Waals surface area (Å²) < 4.78 is 5.53. The van der Waals surface area contributed by atoms with Crippen LogP contribution in [0.1, 0.15) is 55.7 Å². The van der Waals surface area contributed by atoms with E-state index < -0.39 is 11.4 Å². The van der Waals surface area contributed by atoms with Crippen molar-refractivity contribution in [3.8, 4) is 5.75 Å². The first-order chi connectivity index (χ1) is 8.94. The van der Waals surface area contributed by atoms with E-state index in [9.17, 15) is 9.90 Å². The van der Waals surface area contributed by atoms with Crippen LogP contribution in [0.4, 0.5) is 0 Å². The van der Waals surface area contributed by atoms with Crippen molar-refractivity contribution in [2.24, 2.45) is 0 Å². The van der Waals surface area contributed by atoms with Gasteiger partial charge in [-0.15, -0.1) is 0 Å². The first kappa shape index (κ1) is 13.9. The van der Waals surface area contributed by atoms with Crippen molar-refractivity contribution in [3.63, 3.8) is 0 Å². The molecule has 0 bridgehead atoms. The first-order valence-electron chi connectivity index (χ1n) is 6.85. The molecule has 1 aromatic carbocycles. The summed E-state index contributed by atoms with van der Waals surface area (Å²) in [5, 5.41) is 9.64. The van der Waals surface area contributed by atoms with Crippen molar-refractivity contribution in [2.45, 2.75) is 51.4 Å². The number of hydrogen-bond acceptors (Lipinski definition) is 2. The Morgan fingerprint density at radius 1 is 1.37 bits per heavy atom. The van der Waals surface area contributed by atoms with Crippen molar-refractivity contribution < 1.29 is 14.6 Å². The first-order valence-corrected chi connectivity index (χ1v) is 6.85. The molecule has 1 N–H and O–H groups in total. The molecule has 0 atom stereocenters. The van der Waals surface area contributed by atoms with E-state index in [1.165, 1.54) is 0 Å². The van der Waals surface area contributed by atoms with Gasteiger partial charge in [-0.1, -0.05) is 32.4 Å². The highest BCUT2D eigenvalue weighted by Crippen LogP contribution is 2.49. The Labute approximate surface area is 114 Å². The number of benzene rings is 1. The van der Waals surface area contributed by atoms with Crippen LogP contribution in [0.25, 0.3) is 0 Å². The minimum atomic E-state index is -0.702. The lowest BCUT2D eigenvalue weighted by atomic mass is 9.62. The van der Waals surface area contributed by atoms with Crippen molar-refractivity contribution in [3.05, 3.63) is 28.8 Å². The molecule has 0 amide bonds. The van der Waals surface area contributed by atoms with Crippen molar-refractivity contribution in [1.82, 2.24) is 0 Å². The Bertz CT molecular complexity index is 499. The predicted molar refractivity (Wildman–Crippen MR) is 75.0 cm³/mol. The summed E-state index contributed by atoms with van der Waals surface area (Å²) >= 11 is 0. The van der Waals surface area contributed by atoms with Gasteiger partial charge in [0.25, 0.3) is 0 Å². The molecule has 104 valence electrons. The van der Waals surface area contributed by atoms with Gasteiger partial charge in [0.05, 0.1) is 12.5 Å². The lowest BCUT2D eigenvalue weighted by Crippen LogP contribution is -2.43. The Hall–Kier alpha value is -1.51. The van der Waals surface area contributed by atoms with E-state index in [1.807, 2.05) is 19.1 Å². The summed E-state index contributed by atoms with van der Waals surface area (Å²) in [4.78, 5) is 11.7. The van der Waals surface area contributed by atoms with Gasteiger partial charge in [-0.3, -0.25) is 4.79 Å². The molecule has 0 radical (unpaired) electrons. The molecule has 19 heavy (non-hydrogen) atoms. The summed E-state index contributed by atoms with van der Waals surface area (Å²) in [5.41, 5.74) is 2.38. The monoisotopic (exact) mass is 262 g/mol. The summed E-state index contributed by atoms with van der Waals surface area (Å²) in [5.74, 6) is 0.397.